The summed E-state index contributed by atoms with van der Waals surface area (Å²) in [5.74, 6) is -3.27. The van der Waals surface area contributed by atoms with Crippen LogP contribution < -0.4 is 10.2 Å². The molecule has 8 nitrogen and oxygen atoms in total. The number of nitrogens with one attached hydrogen (secondary N) is 1. The number of benzene rings is 2. The van der Waals surface area contributed by atoms with Crippen molar-refractivity contribution in [1.82, 2.24) is 5.32 Å². The average Bonchev–Trinajstić information content (AvgIpc) is 2.69. The highest BCUT2D eigenvalue weighted by atomic mass is 79.9. The van der Waals surface area contributed by atoms with Crippen molar-refractivity contribution >= 4 is 57.3 Å². The molecule has 0 aromatic heterocycles. The second kappa shape index (κ2) is 8.78. The summed E-state index contributed by atoms with van der Waals surface area (Å²) in [6, 6.07) is 12.0. The number of aliphatic imine (C=N–C) groups is 1. The Kier molecular flexibility index (Phi) is 6.18. The van der Waals surface area contributed by atoms with E-state index in [1.807, 2.05) is 0 Å². The molecule has 1 aliphatic heterocycles. The Labute approximate surface area is 174 Å². The van der Waals surface area contributed by atoms with Crippen LogP contribution in [0.5, 0.6) is 0 Å². The summed E-state index contributed by atoms with van der Waals surface area (Å²) in [5, 5.41) is 2.16. The molecule has 1 N–H and O–H groups in total. The predicted octanol–water partition coefficient (Wildman–Crippen LogP) is 3.23. The molecule has 2 aromatic rings. The Morgan fingerprint density at radius 1 is 1.21 bits per heavy atom. The van der Waals surface area contributed by atoms with Crippen molar-refractivity contribution in [2.45, 2.75) is 6.92 Å². The largest absolute Gasteiger partial charge is 0.462 e. The lowest BCUT2D eigenvalue weighted by molar-refractivity contribution is -0.131. The van der Waals surface area contributed by atoms with Gasteiger partial charge in [-0.3, -0.25) is 19.9 Å². The Morgan fingerprint density at radius 3 is 2.62 bits per heavy atom. The minimum atomic E-state index is -1.29. The first-order chi connectivity index (χ1) is 13.9. The molecule has 3 rings (SSSR count). The van der Waals surface area contributed by atoms with Crippen LogP contribution in [0, 0.1) is 5.92 Å². The average molecular weight is 458 g/mol. The molecule has 9 heteroatoms. The van der Waals surface area contributed by atoms with Crippen LogP contribution in [0.15, 0.2) is 58.0 Å². The fourth-order valence-electron chi connectivity index (χ4n) is 2.64. The summed E-state index contributed by atoms with van der Waals surface area (Å²) in [4.78, 5) is 54.0. The van der Waals surface area contributed by atoms with Gasteiger partial charge in [-0.05, 0) is 49.4 Å². The monoisotopic (exact) mass is 457 g/mol. The molecular formula is C20H16BrN3O5. The van der Waals surface area contributed by atoms with Gasteiger partial charge in [-0.2, -0.15) is 0 Å². The van der Waals surface area contributed by atoms with Gasteiger partial charge in [0.25, 0.3) is 5.91 Å². The van der Waals surface area contributed by atoms with Gasteiger partial charge in [0.15, 0.2) is 5.92 Å². The van der Waals surface area contributed by atoms with Gasteiger partial charge in [0, 0.05) is 10.7 Å². The predicted molar refractivity (Wildman–Crippen MR) is 109 cm³/mol. The number of hydrogen-bond donors (Lipinski definition) is 1. The normalized spacial score (nSPS) is 16.8. The third kappa shape index (κ3) is 4.57. The number of urea groups is 1. The number of esters is 1. The summed E-state index contributed by atoms with van der Waals surface area (Å²) in [6.45, 7) is 1.94. The molecule has 0 bridgehead atoms. The van der Waals surface area contributed by atoms with Crippen molar-refractivity contribution in [2.24, 2.45) is 10.9 Å². The second-order valence-electron chi connectivity index (χ2n) is 5.97. The van der Waals surface area contributed by atoms with Crippen molar-refractivity contribution in [1.29, 1.82) is 0 Å². The zero-order valence-electron chi connectivity index (χ0n) is 15.3. The van der Waals surface area contributed by atoms with Crippen LogP contribution >= 0.6 is 15.9 Å². The minimum absolute atomic E-state index is 0.239. The number of hydrogen-bond acceptors (Lipinski definition) is 6. The van der Waals surface area contributed by atoms with Crippen molar-refractivity contribution < 1.29 is 23.9 Å². The zero-order valence-corrected chi connectivity index (χ0v) is 16.9. The van der Waals surface area contributed by atoms with E-state index in [2.05, 4.69) is 26.2 Å². The Balaban J connectivity index is 1.84. The van der Waals surface area contributed by atoms with Crippen LogP contribution in [0.4, 0.5) is 16.2 Å². The van der Waals surface area contributed by atoms with Crippen LogP contribution in [0.1, 0.15) is 17.3 Å². The van der Waals surface area contributed by atoms with E-state index in [4.69, 9.17) is 4.74 Å². The zero-order chi connectivity index (χ0) is 21.0. The summed E-state index contributed by atoms with van der Waals surface area (Å²) in [5.41, 5.74) is 0.988. The first-order valence-corrected chi connectivity index (χ1v) is 9.45. The highest BCUT2D eigenvalue weighted by molar-refractivity contribution is 9.10. The van der Waals surface area contributed by atoms with Crippen LogP contribution in [-0.2, 0) is 14.3 Å². The van der Waals surface area contributed by atoms with E-state index in [9.17, 15) is 19.2 Å². The summed E-state index contributed by atoms with van der Waals surface area (Å²) >= 11 is 3.29. The molecule has 1 fully saturated rings. The van der Waals surface area contributed by atoms with E-state index in [1.165, 1.54) is 6.07 Å². The topological polar surface area (TPSA) is 105 Å². The quantitative estimate of drug-likeness (QED) is 0.421. The summed E-state index contributed by atoms with van der Waals surface area (Å²) in [7, 11) is 0. The SMILES string of the molecule is CCOC(=O)c1cccc(N=C[C@@H]2C(=O)NC(=O)N(c3ccc(Br)cc3)C2=O)c1. The molecule has 1 aliphatic rings. The molecule has 0 unspecified atom stereocenters. The Hall–Kier alpha value is -3.33. The number of halogens is 1. The van der Waals surface area contributed by atoms with E-state index in [-0.39, 0.29) is 6.61 Å². The van der Waals surface area contributed by atoms with Crippen molar-refractivity contribution in [2.75, 3.05) is 11.5 Å². The number of rotatable bonds is 5. The maximum Gasteiger partial charge on any atom is 0.338 e. The van der Waals surface area contributed by atoms with Gasteiger partial charge in [0.2, 0.25) is 5.91 Å². The van der Waals surface area contributed by atoms with Gasteiger partial charge in [0.05, 0.1) is 23.5 Å². The molecule has 0 saturated carbocycles. The summed E-state index contributed by atoms with van der Waals surface area (Å²) < 4.78 is 5.72. The fourth-order valence-corrected chi connectivity index (χ4v) is 2.91. The van der Waals surface area contributed by atoms with Gasteiger partial charge >= 0.3 is 12.0 Å². The lowest BCUT2D eigenvalue weighted by Crippen LogP contribution is -2.58. The third-order valence-corrected chi connectivity index (χ3v) is 4.55. The van der Waals surface area contributed by atoms with Crippen LogP contribution in [0.2, 0.25) is 0 Å². The van der Waals surface area contributed by atoms with Crippen molar-refractivity contribution in [3.8, 4) is 0 Å². The van der Waals surface area contributed by atoms with Crippen LogP contribution in [-0.4, -0.2) is 36.6 Å². The molecule has 1 atom stereocenters. The van der Waals surface area contributed by atoms with Gasteiger partial charge < -0.3 is 4.74 Å². The van der Waals surface area contributed by atoms with E-state index in [0.717, 1.165) is 15.6 Å². The van der Waals surface area contributed by atoms with Gasteiger partial charge in [0.1, 0.15) is 0 Å². The summed E-state index contributed by atoms with van der Waals surface area (Å²) in [6.07, 6.45) is 1.15. The maximum absolute atomic E-state index is 12.8. The molecular weight excluding hydrogens is 442 g/mol. The third-order valence-electron chi connectivity index (χ3n) is 4.02. The molecule has 29 heavy (non-hydrogen) atoms. The molecule has 0 radical (unpaired) electrons. The number of carbonyl (C=O) groups is 4. The molecule has 0 spiro atoms. The molecule has 4 amide bonds. The van der Waals surface area contributed by atoms with E-state index in [1.54, 1.807) is 49.4 Å². The highest BCUT2D eigenvalue weighted by Crippen LogP contribution is 2.23. The van der Waals surface area contributed by atoms with Crippen LogP contribution in [0.3, 0.4) is 0 Å². The Bertz CT molecular complexity index is 1000. The molecule has 0 aliphatic carbocycles. The molecule has 1 heterocycles. The fraction of sp³-hybridized carbons (Fsp3) is 0.150. The molecule has 148 valence electrons. The lowest BCUT2D eigenvalue weighted by atomic mass is 10.1. The van der Waals surface area contributed by atoms with Gasteiger partial charge in [-0.1, -0.05) is 22.0 Å². The molecule has 1 saturated heterocycles. The van der Waals surface area contributed by atoms with Crippen molar-refractivity contribution in [3.05, 3.63) is 58.6 Å². The maximum atomic E-state index is 12.8. The van der Waals surface area contributed by atoms with Gasteiger partial charge in [-0.25, -0.2) is 14.5 Å². The van der Waals surface area contributed by atoms with E-state index < -0.39 is 29.7 Å². The number of ether oxygens (including phenoxy) is 1. The Morgan fingerprint density at radius 2 is 1.93 bits per heavy atom. The number of anilines is 1. The highest BCUT2D eigenvalue weighted by Gasteiger charge is 2.40. The van der Waals surface area contributed by atoms with Gasteiger partial charge in [-0.15, -0.1) is 0 Å². The number of nitrogens with zero attached hydrogens (tertiary/aromatic N) is 2. The minimum Gasteiger partial charge on any atom is -0.462 e. The first kappa shape index (κ1) is 20.4. The smallest absolute Gasteiger partial charge is 0.338 e. The first-order valence-electron chi connectivity index (χ1n) is 8.66. The van der Waals surface area contributed by atoms with Crippen molar-refractivity contribution in [3.63, 3.8) is 0 Å². The van der Waals surface area contributed by atoms with E-state index >= 15 is 0 Å². The number of barbiturate groups is 1. The lowest BCUT2D eigenvalue weighted by Gasteiger charge is -2.28. The van der Waals surface area contributed by atoms with Crippen LogP contribution in [0.25, 0.3) is 0 Å². The second-order valence-corrected chi connectivity index (χ2v) is 6.89. The molecule has 2 aromatic carbocycles. The van der Waals surface area contributed by atoms with E-state index in [0.29, 0.717) is 16.9 Å². The number of imide groups is 2. The number of amides is 4. The number of carbonyl (C=O) groups excluding carboxylic acids is 4. The standard InChI is InChI=1S/C20H16BrN3O5/c1-2-29-19(27)12-4-3-5-14(10-12)22-11-16-17(25)23-20(28)24(18(16)26)15-8-6-13(21)7-9-15/h3-11,16H,2H2,1H3,(H,23,25,28)/t16-/m1/s1.